The first-order valence-corrected chi connectivity index (χ1v) is 7.05. The Labute approximate surface area is 133 Å². The van der Waals surface area contributed by atoms with E-state index >= 15 is 0 Å². The van der Waals surface area contributed by atoms with Gasteiger partial charge in [-0.3, -0.25) is 0 Å². The average Bonchev–Trinajstić information content (AvgIpc) is 2.54. The van der Waals surface area contributed by atoms with Gasteiger partial charge in [0.1, 0.15) is 35.9 Å². The van der Waals surface area contributed by atoms with Gasteiger partial charge in [0.25, 0.3) is 0 Å². The molecule has 1 heterocycles. The molecule has 0 aliphatic heterocycles. The molecule has 0 spiro atoms. The van der Waals surface area contributed by atoms with Crippen molar-refractivity contribution in [1.29, 1.82) is 5.26 Å². The molecule has 2 aromatic rings. The van der Waals surface area contributed by atoms with Crippen LogP contribution < -0.4 is 10.1 Å². The molecule has 0 amide bonds. The summed E-state index contributed by atoms with van der Waals surface area (Å²) in [6, 6.07) is 7.75. The van der Waals surface area contributed by atoms with Crippen LogP contribution in [0.3, 0.4) is 0 Å². The van der Waals surface area contributed by atoms with Gasteiger partial charge in [-0.2, -0.15) is 10.4 Å². The zero-order valence-corrected chi connectivity index (χ0v) is 12.9. The van der Waals surface area contributed by atoms with Gasteiger partial charge in [0, 0.05) is 12.6 Å². The number of ether oxygens (including phenoxy) is 1. The predicted molar refractivity (Wildman–Crippen MR) is 82.6 cm³/mol. The zero-order chi connectivity index (χ0) is 16.8. The van der Waals surface area contributed by atoms with Crippen LogP contribution in [0.4, 0.5) is 10.2 Å². The van der Waals surface area contributed by atoms with Crippen molar-refractivity contribution in [3.05, 3.63) is 46.9 Å². The maximum absolute atomic E-state index is 13.0. The normalized spacial score (nSPS) is 11.6. The van der Waals surface area contributed by atoms with Crippen LogP contribution in [-0.4, -0.2) is 34.6 Å². The summed E-state index contributed by atoms with van der Waals surface area (Å²) >= 11 is 0. The van der Waals surface area contributed by atoms with E-state index in [-0.39, 0.29) is 13.2 Å². The highest BCUT2D eigenvalue weighted by Crippen LogP contribution is 2.17. The van der Waals surface area contributed by atoms with E-state index in [1.807, 2.05) is 0 Å². The van der Waals surface area contributed by atoms with E-state index in [4.69, 9.17) is 4.74 Å². The first-order chi connectivity index (χ1) is 11.0. The van der Waals surface area contributed by atoms with Crippen LogP contribution in [0.2, 0.25) is 0 Å². The molecule has 0 saturated heterocycles. The van der Waals surface area contributed by atoms with Crippen LogP contribution in [0.1, 0.15) is 16.8 Å². The minimum absolute atomic E-state index is 0.0172. The van der Waals surface area contributed by atoms with Gasteiger partial charge in [0.2, 0.25) is 0 Å². The molecular weight excluding hydrogens is 299 g/mol. The van der Waals surface area contributed by atoms with Crippen molar-refractivity contribution in [2.75, 3.05) is 18.5 Å². The monoisotopic (exact) mass is 316 g/mol. The molecule has 23 heavy (non-hydrogen) atoms. The lowest BCUT2D eigenvalue weighted by Crippen LogP contribution is -2.27. The number of rotatable bonds is 6. The molecule has 120 valence electrons. The smallest absolute Gasteiger partial charge is 0.167 e. The summed E-state index contributed by atoms with van der Waals surface area (Å²) in [7, 11) is 0. The van der Waals surface area contributed by atoms with Gasteiger partial charge in [-0.1, -0.05) is 6.07 Å². The van der Waals surface area contributed by atoms with Gasteiger partial charge in [0.05, 0.1) is 5.69 Å². The lowest BCUT2D eigenvalue weighted by Gasteiger charge is -2.14. The molecular formula is C16H17FN4O2. The summed E-state index contributed by atoms with van der Waals surface area (Å²) in [4.78, 5) is 0. The Kier molecular flexibility index (Phi) is 5.44. The third-order valence-electron chi connectivity index (χ3n) is 3.31. The van der Waals surface area contributed by atoms with Crippen molar-refractivity contribution >= 4 is 5.82 Å². The molecule has 0 radical (unpaired) electrons. The average molecular weight is 316 g/mol. The number of benzene rings is 1. The van der Waals surface area contributed by atoms with Crippen molar-refractivity contribution in [3.63, 3.8) is 0 Å². The second kappa shape index (κ2) is 7.51. The Morgan fingerprint density at radius 3 is 2.87 bits per heavy atom. The third kappa shape index (κ3) is 4.37. The van der Waals surface area contributed by atoms with Gasteiger partial charge in [-0.15, -0.1) is 5.10 Å². The number of nitrogens with one attached hydrogen (secondary N) is 1. The zero-order valence-electron chi connectivity index (χ0n) is 12.9. The summed E-state index contributed by atoms with van der Waals surface area (Å²) in [6.45, 7) is 3.67. The Morgan fingerprint density at radius 1 is 1.39 bits per heavy atom. The molecule has 0 aliphatic rings. The number of aromatic nitrogens is 2. The maximum atomic E-state index is 13.0. The Morgan fingerprint density at radius 2 is 2.17 bits per heavy atom. The van der Waals surface area contributed by atoms with Crippen molar-refractivity contribution < 1.29 is 14.2 Å². The fraction of sp³-hybridized carbons (Fsp3) is 0.312. The molecule has 2 rings (SSSR count). The second-order valence-electron chi connectivity index (χ2n) is 5.05. The van der Waals surface area contributed by atoms with Crippen molar-refractivity contribution in [2.24, 2.45) is 0 Å². The van der Waals surface area contributed by atoms with E-state index in [0.717, 1.165) is 5.56 Å². The number of nitrogens with zero attached hydrogens (tertiary/aromatic N) is 3. The predicted octanol–water partition coefficient (Wildman–Crippen LogP) is 1.96. The van der Waals surface area contributed by atoms with Crippen molar-refractivity contribution in [1.82, 2.24) is 10.2 Å². The Bertz CT molecular complexity index is 731. The number of hydrogen-bond donors (Lipinski definition) is 2. The van der Waals surface area contributed by atoms with Crippen molar-refractivity contribution in [2.45, 2.75) is 20.0 Å². The van der Waals surface area contributed by atoms with E-state index in [1.54, 1.807) is 19.9 Å². The molecule has 0 bridgehead atoms. The molecule has 6 nitrogen and oxygen atoms in total. The minimum Gasteiger partial charge on any atom is -0.491 e. The highest BCUT2D eigenvalue weighted by atomic mass is 19.1. The van der Waals surface area contributed by atoms with Crippen LogP contribution in [0, 0.1) is 31.0 Å². The van der Waals surface area contributed by atoms with Crippen LogP contribution in [0.25, 0.3) is 0 Å². The number of nitriles is 1. The molecule has 1 atom stereocenters. The lowest BCUT2D eigenvalue weighted by atomic mass is 10.1. The standard InChI is InChI=1S/C16H17FN4O2/c1-10-11(2)20-21-16(15(10)7-18)19-8-13(22)9-23-14-5-3-4-12(17)6-14/h3-6,13,22H,8-9H2,1-2H3,(H,19,21)/t13-/m0/s1. The summed E-state index contributed by atoms with van der Waals surface area (Å²) in [6.07, 6.45) is -0.854. The first-order valence-electron chi connectivity index (χ1n) is 7.05. The number of aliphatic hydroxyl groups is 1. The number of halogens is 1. The molecule has 1 aromatic carbocycles. The van der Waals surface area contributed by atoms with Gasteiger partial charge in [-0.05, 0) is 31.5 Å². The number of hydrogen-bond acceptors (Lipinski definition) is 6. The number of aliphatic hydroxyl groups excluding tert-OH is 1. The third-order valence-corrected chi connectivity index (χ3v) is 3.31. The molecule has 0 unspecified atom stereocenters. The molecule has 0 saturated carbocycles. The highest BCUT2D eigenvalue weighted by Gasteiger charge is 2.12. The number of aryl methyl sites for hydroxylation is 1. The summed E-state index contributed by atoms with van der Waals surface area (Å²) < 4.78 is 18.3. The topological polar surface area (TPSA) is 91.1 Å². The van der Waals surface area contributed by atoms with Crippen molar-refractivity contribution in [3.8, 4) is 11.8 Å². The van der Waals surface area contributed by atoms with Gasteiger partial charge in [-0.25, -0.2) is 4.39 Å². The Hall–Kier alpha value is -2.72. The SMILES string of the molecule is Cc1nnc(NC[C@H](O)COc2cccc(F)c2)c(C#N)c1C. The largest absolute Gasteiger partial charge is 0.491 e. The minimum atomic E-state index is -0.854. The fourth-order valence-corrected chi connectivity index (χ4v) is 1.89. The summed E-state index contributed by atoms with van der Waals surface area (Å²) in [5.41, 5.74) is 1.83. The van der Waals surface area contributed by atoms with Gasteiger partial charge < -0.3 is 15.2 Å². The maximum Gasteiger partial charge on any atom is 0.167 e. The summed E-state index contributed by atoms with van der Waals surface area (Å²) in [5, 5.41) is 29.9. The molecule has 0 aliphatic carbocycles. The molecule has 2 N–H and O–H groups in total. The summed E-state index contributed by atoms with van der Waals surface area (Å²) in [5.74, 6) is 0.257. The van der Waals surface area contributed by atoms with Crippen LogP contribution in [0.5, 0.6) is 5.75 Å². The molecule has 7 heteroatoms. The fourth-order valence-electron chi connectivity index (χ4n) is 1.89. The van der Waals surface area contributed by atoms with Crippen LogP contribution in [0.15, 0.2) is 24.3 Å². The molecule has 1 aromatic heterocycles. The van der Waals surface area contributed by atoms with E-state index in [9.17, 15) is 14.8 Å². The number of anilines is 1. The van der Waals surface area contributed by atoms with E-state index in [0.29, 0.717) is 22.8 Å². The quantitative estimate of drug-likeness (QED) is 0.846. The second-order valence-corrected chi connectivity index (χ2v) is 5.05. The van der Waals surface area contributed by atoms with E-state index in [2.05, 4.69) is 21.6 Å². The van der Waals surface area contributed by atoms with Gasteiger partial charge >= 0.3 is 0 Å². The van der Waals surface area contributed by atoms with Crippen LogP contribution in [-0.2, 0) is 0 Å². The van der Waals surface area contributed by atoms with Gasteiger partial charge in [0.15, 0.2) is 5.82 Å². The highest BCUT2D eigenvalue weighted by molar-refractivity contribution is 5.55. The van der Waals surface area contributed by atoms with E-state index in [1.165, 1.54) is 18.2 Å². The molecule has 0 fully saturated rings. The first kappa shape index (κ1) is 16.6. The lowest BCUT2D eigenvalue weighted by molar-refractivity contribution is 0.117. The Balaban J connectivity index is 1.91. The van der Waals surface area contributed by atoms with Crippen LogP contribution >= 0.6 is 0 Å². The van der Waals surface area contributed by atoms with E-state index < -0.39 is 11.9 Å².